The zero-order chi connectivity index (χ0) is 20.9. The van der Waals surface area contributed by atoms with Crippen LogP contribution >= 0.6 is 0 Å². The highest BCUT2D eigenvalue weighted by atomic mass is 19.1. The van der Waals surface area contributed by atoms with Gasteiger partial charge in [0.1, 0.15) is 17.3 Å². The predicted octanol–water partition coefficient (Wildman–Crippen LogP) is 4.69. The highest BCUT2D eigenvalue weighted by Crippen LogP contribution is 2.22. The van der Waals surface area contributed by atoms with E-state index in [0.717, 1.165) is 5.56 Å². The third kappa shape index (κ3) is 4.35. The molecule has 0 fully saturated rings. The molecule has 4 aromatic rings. The van der Waals surface area contributed by atoms with Crippen molar-refractivity contribution < 1.29 is 23.2 Å². The lowest BCUT2D eigenvalue weighted by molar-refractivity contribution is 0.103. The largest absolute Gasteiger partial charge is 0.497 e. The van der Waals surface area contributed by atoms with E-state index in [4.69, 9.17) is 14.0 Å². The van der Waals surface area contributed by atoms with E-state index in [1.54, 1.807) is 31.4 Å². The summed E-state index contributed by atoms with van der Waals surface area (Å²) >= 11 is 0. The molecule has 0 N–H and O–H groups in total. The number of hydrogen-bond acceptors (Lipinski definition) is 6. The van der Waals surface area contributed by atoms with Gasteiger partial charge in [-0.3, -0.25) is 4.79 Å². The molecule has 6 nitrogen and oxygen atoms in total. The molecule has 0 spiro atoms. The van der Waals surface area contributed by atoms with Crippen LogP contribution in [-0.4, -0.2) is 23.0 Å². The molecule has 7 heteroatoms. The molecular weight excluding hydrogens is 387 g/mol. The average molecular weight is 404 g/mol. The van der Waals surface area contributed by atoms with Gasteiger partial charge in [-0.2, -0.15) is 4.98 Å². The Morgan fingerprint density at radius 3 is 2.37 bits per heavy atom. The highest BCUT2D eigenvalue weighted by Gasteiger charge is 2.12. The molecule has 0 aliphatic rings. The smallest absolute Gasteiger partial charge is 0.264 e. The molecule has 1 heterocycles. The molecular formula is C23H17FN2O4. The number of ketones is 1. The van der Waals surface area contributed by atoms with E-state index in [0.29, 0.717) is 34.3 Å². The van der Waals surface area contributed by atoms with Crippen molar-refractivity contribution in [3.63, 3.8) is 0 Å². The zero-order valence-corrected chi connectivity index (χ0v) is 16.0. The minimum absolute atomic E-state index is 0.0855. The Kier molecular flexibility index (Phi) is 5.52. The molecule has 0 radical (unpaired) electrons. The molecule has 3 aromatic carbocycles. The van der Waals surface area contributed by atoms with Crippen molar-refractivity contribution in [1.82, 2.24) is 10.1 Å². The number of ether oxygens (including phenoxy) is 2. The summed E-state index contributed by atoms with van der Waals surface area (Å²) in [6.45, 7) is 0.0855. The molecule has 0 amide bonds. The van der Waals surface area contributed by atoms with Gasteiger partial charge in [0.25, 0.3) is 5.89 Å². The summed E-state index contributed by atoms with van der Waals surface area (Å²) in [6, 6.07) is 19.4. The summed E-state index contributed by atoms with van der Waals surface area (Å²) in [5.74, 6) is 1.43. The van der Waals surface area contributed by atoms with Gasteiger partial charge in [0.05, 0.1) is 7.11 Å². The van der Waals surface area contributed by atoms with Crippen molar-refractivity contribution in [2.45, 2.75) is 6.61 Å². The first-order valence-corrected chi connectivity index (χ1v) is 9.12. The van der Waals surface area contributed by atoms with Gasteiger partial charge in [0.15, 0.2) is 12.4 Å². The lowest BCUT2D eigenvalue weighted by Gasteiger charge is -2.05. The van der Waals surface area contributed by atoms with Gasteiger partial charge >= 0.3 is 0 Å². The van der Waals surface area contributed by atoms with Crippen LogP contribution in [0.1, 0.15) is 21.8 Å². The normalized spacial score (nSPS) is 10.6. The summed E-state index contributed by atoms with van der Waals surface area (Å²) in [5.41, 5.74) is 1.67. The Morgan fingerprint density at radius 1 is 0.967 bits per heavy atom. The fraction of sp³-hybridized carbons (Fsp3) is 0.0870. The first-order valence-electron chi connectivity index (χ1n) is 9.12. The quantitative estimate of drug-likeness (QED) is 0.416. The summed E-state index contributed by atoms with van der Waals surface area (Å²) in [7, 11) is 1.59. The van der Waals surface area contributed by atoms with Crippen LogP contribution in [-0.2, 0) is 6.61 Å². The standard InChI is InChI=1S/C23H17FN2O4/c1-28-20-4-2-3-17(13-20)23-25-21(30-26-23)14-29-19-11-7-16(8-12-19)22(27)15-5-9-18(24)10-6-15/h2-13H,14H2,1H3. The van der Waals surface area contributed by atoms with Crippen molar-refractivity contribution >= 4 is 5.78 Å². The van der Waals surface area contributed by atoms with Gasteiger partial charge in [0.2, 0.25) is 5.82 Å². The molecule has 0 bridgehead atoms. The number of benzene rings is 3. The Balaban J connectivity index is 1.39. The average Bonchev–Trinajstić information content (AvgIpc) is 3.27. The first kappa shape index (κ1) is 19.3. The van der Waals surface area contributed by atoms with Crippen molar-refractivity contribution in [2.24, 2.45) is 0 Å². The zero-order valence-electron chi connectivity index (χ0n) is 16.0. The van der Waals surface area contributed by atoms with E-state index in [2.05, 4.69) is 10.1 Å². The Bertz CT molecular complexity index is 1150. The number of methoxy groups -OCH3 is 1. The van der Waals surface area contributed by atoms with Gasteiger partial charge in [-0.05, 0) is 60.7 Å². The SMILES string of the molecule is COc1cccc(-c2noc(COc3ccc(C(=O)c4ccc(F)cc4)cc3)n2)c1. The maximum absolute atomic E-state index is 13.0. The number of rotatable bonds is 7. The molecule has 150 valence electrons. The second kappa shape index (κ2) is 8.57. The van der Waals surface area contributed by atoms with Crippen LogP contribution in [0.3, 0.4) is 0 Å². The summed E-state index contributed by atoms with van der Waals surface area (Å²) in [5, 5.41) is 3.96. The maximum Gasteiger partial charge on any atom is 0.264 e. The second-order valence-corrected chi connectivity index (χ2v) is 6.39. The van der Waals surface area contributed by atoms with Crippen LogP contribution in [0.2, 0.25) is 0 Å². The molecule has 0 atom stereocenters. The number of hydrogen-bond donors (Lipinski definition) is 0. The van der Waals surface area contributed by atoms with Crippen LogP contribution in [0, 0.1) is 5.82 Å². The molecule has 4 rings (SSSR count). The van der Waals surface area contributed by atoms with Gasteiger partial charge < -0.3 is 14.0 Å². The number of aromatic nitrogens is 2. The topological polar surface area (TPSA) is 74.5 Å². The lowest BCUT2D eigenvalue weighted by atomic mass is 10.0. The maximum atomic E-state index is 13.0. The van der Waals surface area contributed by atoms with Crippen molar-refractivity contribution in [1.29, 1.82) is 0 Å². The van der Waals surface area contributed by atoms with Crippen molar-refractivity contribution in [3.8, 4) is 22.9 Å². The van der Waals surface area contributed by atoms with E-state index in [1.165, 1.54) is 24.3 Å². The van der Waals surface area contributed by atoms with Gasteiger partial charge in [-0.25, -0.2) is 4.39 Å². The minimum Gasteiger partial charge on any atom is -0.497 e. The molecule has 0 aliphatic heterocycles. The summed E-state index contributed by atoms with van der Waals surface area (Å²) < 4.78 is 29.1. The van der Waals surface area contributed by atoms with E-state index >= 15 is 0 Å². The van der Waals surface area contributed by atoms with Gasteiger partial charge in [-0.15, -0.1) is 0 Å². The van der Waals surface area contributed by atoms with E-state index in [1.807, 2.05) is 24.3 Å². The summed E-state index contributed by atoms with van der Waals surface area (Å²) in [4.78, 5) is 16.7. The van der Waals surface area contributed by atoms with Gasteiger partial charge in [0, 0.05) is 16.7 Å². The van der Waals surface area contributed by atoms with E-state index < -0.39 is 0 Å². The number of nitrogens with zero attached hydrogens (tertiary/aromatic N) is 2. The Hall–Kier alpha value is -4.00. The van der Waals surface area contributed by atoms with Crippen LogP contribution < -0.4 is 9.47 Å². The number of halogens is 1. The molecule has 0 aliphatic carbocycles. The molecule has 0 saturated carbocycles. The fourth-order valence-corrected chi connectivity index (χ4v) is 2.81. The predicted molar refractivity (Wildman–Crippen MR) is 107 cm³/mol. The van der Waals surface area contributed by atoms with Crippen LogP contribution in [0.5, 0.6) is 11.5 Å². The minimum atomic E-state index is -0.383. The Labute approximate surface area is 171 Å². The molecule has 0 saturated heterocycles. The Morgan fingerprint density at radius 2 is 1.67 bits per heavy atom. The van der Waals surface area contributed by atoms with E-state index in [9.17, 15) is 9.18 Å². The van der Waals surface area contributed by atoms with Crippen LogP contribution in [0.4, 0.5) is 4.39 Å². The third-order valence-corrected chi connectivity index (χ3v) is 4.38. The molecule has 0 unspecified atom stereocenters. The highest BCUT2D eigenvalue weighted by molar-refractivity contribution is 6.08. The monoisotopic (exact) mass is 404 g/mol. The third-order valence-electron chi connectivity index (χ3n) is 4.38. The fourth-order valence-electron chi connectivity index (χ4n) is 2.81. The van der Waals surface area contributed by atoms with Gasteiger partial charge in [-0.1, -0.05) is 17.3 Å². The number of carbonyl (C=O) groups excluding carboxylic acids is 1. The lowest BCUT2D eigenvalue weighted by Crippen LogP contribution is -2.01. The van der Waals surface area contributed by atoms with Crippen LogP contribution in [0.25, 0.3) is 11.4 Å². The second-order valence-electron chi connectivity index (χ2n) is 6.39. The molecule has 30 heavy (non-hydrogen) atoms. The van der Waals surface area contributed by atoms with Crippen molar-refractivity contribution in [3.05, 3.63) is 95.6 Å². The number of carbonyl (C=O) groups is 1. The summed E-state index contributed by atoms with van der Waals surface area (Å²) in [6.07, 6.45) is 0. The van der Waals surface area contributed by atoms with E-state index in [-0.39, 0.29) is 18.2 Å². The molecule has 1 aromatic heterocycles. The van der Waals surface area contributed by atoms with Crippen molar-refractivity contribution in [2.75, 3.05) is 7.11 Å². The first-order chi connectivity index (χ1) is 14.6. The van der Waals surface area contributed by atoms with Crippen LogP contribution in [0.15, 0.2) is 77.3 Å².